The standard InChI is InChI=1S/C12H21N3/c1-2-14-6-3-11(4-7-14)12-5-8-15(9-12)10-13/h11-12H,2-9H2,1H3. The van der Waals surface area contributed by atoms with E-state index < -0.39 is 0 Å². The molecule has 15 heavy (non-hydrogen) atoms. The van der Waals surface area contributed by atoms with Crippen molar-refractivity contribution in [3.05, 3.63) is 0 Å². The fourth-order valence-corrected chi connectivity index (χ4v) is 3.00. The predicted octanol–water partition coefficient (Wildman–Crippen LogP) is 1.52. The van der Waals surface area contributed by atoms with Crippen molar-refractivity contribution in [1.82, 2.24) is 9.80 Å². The number of hydrogen-bond acceptors (Lipinski definition) is 3. The second-order valence-corrected chi connectivity index (χ2v) is 4.87. The minimum Gasteiger partial charge on any atom is -0.310 e. The van der Waals surface area contributed by atoms with Crippen LogP contribution < -0.4 is 0 Å². The average Bonchev–Trinajstić information content (AvgIpc) is 2.78. The van der Waals surface area contributed by atoms with Gasteiger partial charge in [-0.05, 0) is 50.7 Å². The Morgan fingerprint density at radius 1 is 1.13 bits per heavy atom. The van der Waals surface area contributed by atoms with Gasteiger partial charge in [-0.1, -0.05) is 6.92 Å². The Balaban J connectivity index is 1.79. The second-order valence-electron chi connectivity index (χ2n) is 4.87. The summed E-state index contributed by atoms with van der Waals surface area (Å²) in [5.74, 6) is 1.68. The first-order valence-corrected chi connectivity index (χ1v) is 6.20. The lowest BCUT2D eigenvalue weighted by molar-refractivity contribution is 0.155. The molecular weight excluding hydrogens is 186 g/mol. The molecule has 1 atom stereocenters. The normalized spacial score (nSPS) is 29.3. The monoisotopic (exact) mass is 207 g/mol. The van der Waals surface area contributed by atoms with E-state index in [2.05, 4.69) is 18.0 Å². The summed E-state index contributed by atoms with van der Waals surface area (Å²) in [7, 11) is 0. The highest BCUT2D eigenvalue weighted by atomic mass is 15.1. The van der Waals surface area contributed by atoms with E-state index in [0.717, 1.165) is 24.9 Å². The van der Waals surface area contributed by atoms with Crippen molar-refractivity contribution in [2.24, 2.45) is 11.8 Å². The van der Waals surface area contributed by atoms with Crippen LogP contribution in [0.4, 0.5) is 0 Å². The van der Waals surface area contributed by atoms with Crippen LogP contribution in [0, 0.1) is 23.3 Å². The summed E-state index contributed by atoms with van der Waals surface area (Å²) in [5.41, 5.74) is 0. The second kappa shape index (κ2) is 4.85. The number of likely N-dealkylation sites (tertiary alicyclic amines) is 2. The van der Waals surface area contributed by atoms with Crippen LogP contribution in [-0.2, 0) is 0 Å². The lowest BCUT2D eigenvalue weighted by Crippen LogP contribution is -2.36. The van der Waals surface area contributed by atoms with Gasteiger partial charge in [0.05, 0.1) is 0 Å². The van der Waals surface area contributed by atoms with Gasteiger partial charge >= 0.3 is 0 Å². The largest absolute Gasteiger partial charge is 0.310 e. The fraction of sp³-hybridized carbons (Fsp3) is 0.917. The highest BCUT2D eigenvalue weighted by molar-refractivity contribution is 4.88. The van der Waals surface area contributed by atoms with Gasteiger partial charge in [-0.2, -0.15) is 5.26 Å². The summed E-state index contributed by atoms with van der Waals surface area (Å²) in [6.07, 6.45) is 6.21. The SMILES string of the molecule is CCN1CCC(C2CCN(C#N)C2)CC1. The van der Waals surface area contributed by atoms with Gasteiger partial charge in [-0.3, -0.25) is 0 Å². The Bertz CT molecular complexity index is 238. The van der Waals surface area contributed by atoms with Crippen LogP contribution in [0.3, 0.4) is 0 Å². The molecule has 0 amide bonds. The zero-order chi connectivity index (χ0) is 10.7. The van der Waals surface area contributed by atoms with Gasteiger partial charge in [0.1, 0.15) is 0 Å². The molecule has 2 heterocycles. The van der Waals surface area contributed by atoms with E-state index in [0.29, 0.717) is 0 Å². The van der Waals surface area contributed by atoms with Gasteiger partial charge in [0.15, 0.2) is 6.19 Å². The van der Waals surface area contributed by atoms with Crippen molar-refractivity contribution in [2.45, 2.75) is 26.2 Å². The predicted molar refractivity (Wildman–Crippen MR) is 60.1 cm³/mol. The number of piperidine rings is 1. The fourth-order valence-electron chi connectivity index (χ4n) is 3.00. The van der Waals surface area contributed by atoms with E-state index in [4.69, 9.17) is 5.26 Å². The van der Waals surface area contributed by atoms with Crippen LogP contribution in [0.2, 0.25) is 0 Å². The Morgan fingerprint density at radius 2 is 1.80 bits per heavy atom. The highest BCUT2D eigenvalue weighted by Crippen LogP contribution is 2.31. The molecule has 2 rings (SSSR count). The quantitative estimate of drug-likeness (QED) is 0.643. The van der Waals surface area contributed by atoms with Crippen molar-refractivity contribution >= 4 is 0 Å². The molecule has 0 saturated carbocycles. The van der Waals surface area contributed by atoms with Crippen LogP contribution >= 0.6 is 0 Å². The number of hydrogen-bond donors (Lipinski definition) is 0. The van der Waals surface area contributed by atoms with Gasteiger partial charge in [-0.15, -0.1) is 0 Å². The molecule has 3 nitrogen and oxygen atoms in total. The third-order valence-electron chi connectivity index (χ3n) is 4.11. The van der Waals surface area contributed by atoms with Crippen molar-refractivity contribution in [2.75, 3.05) is 32.7 Å². The van der Waals surface area contributed by atoms with Crippen LogP contribution in [0.5, 0.6) is 0 Å². The molecule has 84 valence electrons. The van der Waals surface area contributed by atoms with Crippen LogP contribution in [0.15, 0.2) is 0 Å². The molecule has 0 bridgehead atoms. The van der Waals surface area contributed by atoms with E-state index >= 15 is 0 Å². The van der Waals surface area contributed by atoms with Crippen LogP contribution in [-0.4, -0.2) is 42.5 Å². The molecule has 0 aromatic rings. The van der Waals surface area contributed by atoms with Crippen molar-refractivity contribution in [3.63, 3.8) is 0 Å². The molecule has 2 aliphatic rings. The maximum atomic E-state index is 8.83. The molecule has 2 saturated heterocycles. The topological polar surface area (TPSA) is 30.3 Å². The first-order valence-electron chi connectivity index (χ1n) is 6.20. The van der Waals surface area contributed by atoms with Gasteiger partial charge in [0.2, 0.25) is 0 Å². The zero-order valence-electron chi connectivity index (χ0n) is 9.65. The Hall–Kier alpha value is -0.750. The molecule has 0 aliphatic carbocycles. The van der Waals surface area contributed by atoms with Crippen molar-refractivity contribution in [3.8, 4) is 6.19 Å². The summed E-state index contributed by atoms with van der Waals surface area (Å²) in [5, 5.41) is 8.83. The van der Waals surface area contributed by atoms with E-state index in [1.165, 1.54) is 38.9 Å². The van der Waals surface area contributed by atoms with E-state index in [1.54, 1.807) is 0 Å². The van der Waals surface area contributed by atoms with Gasteiger partial charge in [0, 0.05) is 13.1 Å². The molecular formula is C12H21N3. The first kappa shape index (κ1) is 10.8. The molecule has 0 spiro atoms. The summed E-state index contributed by atoms with van der Waals surface area (Å²) < 4.78 is 0. The maximum absolute atomic E-state index is 8.83. The smallest absolute Gasteiger partial charge is 0.179 e. The van der Waals surface area contributed by atoms with Gasteiger partial charge < -0.3 is 9.80 Å². The maximum Gasteiger partial charge on any atom is 0.179 e. The molecule has 0 radical (unpaired) electrons. The summed E-state index contributed by atoms with van der Waals surface area (Å²) in [6.45, 7) is 7.99. The molecule has 0 N–H and O–H groups in total. The van der Waals surface area contributed by atoms with E-state index in [1.807, 2.05) is 4.90 Å². The number of nitriles is 1. The zero-order valence-corrected chi connectivity index (χ0v) is 9.65. The number of nitrogens with zero attached hydrogens (tertiary/aromatic N) is 3. The lowest BCUT2D eigenvalue weighted by atomic mass is 9.84. The minimum absolute atomic E-state index is 0.795. The van der Waals surface area contributed by atoms with Gasteiger partial charge in [0.25, 0.3) is 0 Å². The van der Waals surface area contributed by atoms with Gasteiger partial charge in [-0.25, -0.2) is 0 Å². The van der Waals surface area contributed by atoms with Crippen LogP contribution in [0.1, 0.15) is 26.2 Å². The third-order valence-corrected chi connectivity index (χ3v) is 4.11. The molecule has 1 unspecified atom stereocenters. The minimum atomic E-state index is 0.795. The summed E-state index contributed by atoms with van der Waals surface area (Å²) in [6, 6.07) is 0. The Morgan fingerprint density at radius 3 is 2.33 bits per heavy atom. The van der Waals surface area contributed by atoms with Crippen LogP contribution in [0.25, 0.3) is 0 Å². The van der Waals surface area contributed by atoms with E-state index in [9.17, 15) is 0 Å². The first-order chi connectivity index (χ1) is 7.33. The Kier molecular flexibility index (Phi) is 3.48. The van der Waals surface area contributed by atoms with Crippen molar-refractivity contribution < 1.29 is 0 Å². The molecule has 3 heteroatoms. The molecule has 0 aromatic carbocycles. The van der Waals surface area contributed by atoms with E-state index in [-0.39, 0.29) is 0 Å². The summed E-state index contributed by atoms with van der Waals surface area (Å²) >= 11 is 0. The molecule has 2 fully saturated rings. The lowest BCUT2D eigenvalue weighted by Gasteiger charge is -2.33. The third kappa shape index (κ3) is 2.43. The molecule has 0 aromatic heterocycles. The molecule has 2 aliphatic heterocycles. The highest BCUT2D eigenvalue weighted by Gasteiger charge is 2.31. The number of rotatable bonds is 2. The Labute approximate surface area is 92.7 Å². The average molecular weight is 207 g/mol. The van der Waals surface area contributed by atoms with Crippen molar-refractivity contribution in [1.29, 1.82) is 5.26 Å². The summed E-state index contributed by atoms with van der Waals surface area (Å²) in [4.78, 5) is 4.46.